The molecule has 2 atom stereocenters. The van der Waals surface area contributed by atoms with Gasteiger partial charge in [-0.25, -0.2) is 0 Å². The van der Waals surface area contributed by atoms with Gasteiger partial charge in [-0.05, 0) is 43.5 Å². The number of benzene rings is 1. The van der Waals surface area contributed by atoms with E-state index in [0.29, 0.717) is 6.54 Å². The highest BCUT2D eigenvalue weighted by molar-refractivity contribution is 9.10. The van der Waals surface area contributed by atoms with Crippen LogP contribution in [0.1, 0.15) is 31.4 Å². The summed E-state index contributed by atoms with van der Waals surface area (Å²) in [6.45, 7) is 3.61. The topological polar surface area (TPSA) is 72.3 Å². The molecule has 0 bridgehead atoms. The Labute approximate surface area is 122 Å². The SMILES string of the molecule is CC(N)c1cc(Br)ccc1N1CCCC(C(N)=O)C1. The van der Waals surface area contributed by atoms with Gasteiger partial charge in [-0.15, -0.1) is 0 Å². The molecule has 5 heteroatoms. The molecule has 19 heavy (non-hydrogen) atoms. The molecule has 4 N–H and O–H groups in total. The molecule has 1 saturated heterocycles. The predicted octanol–water partition coefficient (Wildman–Crippen LogP) is 2.17. The van der Waals surface area contributed by atoms with Gasteiger partial charge in [0.2, 0.25) is 5.91 Å². The lowest BCUT2D eigenvalue weighted by Gasteiger charge is -2.35. The van der Waals surface area contributed by atoms with Crippen molar-refractivity contribution in [2.75, 3.05) is 18.0 Å². The van der Waals surface area contributed by atoms with Crippen molar-refractivity contribution in [2.24, 2.45) is 17.4 Å². The second-order valence-electron chi connectivity index (χ2n) is 5.18. The summed E-state index contributed by atoms with van der Waals surface area (Å²) in [5, 5.41) is 0. The van der Waals surface area contributed by atoms with E-state index in [4.69, 9.17) is 11.5 Å². The first-order chi connectivity index (χ1) is 8.99. The monoisotopic (exact) mass is 325 g/mol. The Morgan fingerprint density at radius 1 is 1.53 bits per heavy atom. The number of hydrogen-bond acceptors (Lipinski definition) is 3. The van der Waals surface area contributed by atoms with Gasteiger partial charge in [-0.3, -0.25) is 4.79 Å². The van der Waals surface area contributed by atoms with Crippen LogP contribution in [-0.2, 0) is 4.79 Å². The number of carbonyl (C=O) groups is 1. The molecule has 2 rings (SSSR count). The minimum atomic E-state index is -0.204. The fourth-order valence-electron chi connectivity index (χ4n) is 2.61. The van der Waals surface area contributed by atoms with Gasteiger partial charge < -0.3 is 16.4 Å². The van der Waals surface area contributed by atoms with Crippen LogP contribution in [-0.4, -0.2) is 19.0 Å². The third-order valence-corrected chi connectivity index (χ3v) is 4.14. The van der Waals surface area contributed by atoms with E-state index in [2.05, 4.69) is 26.9 Å². The van der Waals surface area contributed by atoms with Crippen LogP contribution >= 0.6 is 15.9 Å². The molecule has 0 spiro atoms. The summed E-state index contributed by atoms with van der Waals surface area (Å²) >= 11 is 3.48. The zero-order chi connectivity index (χ0) is 14.0. The van der Waals surface area contributed by atoms with Crippen LogP contribution in [0, 0.1) is 5.92 Å². The van der Waals surface area contributed by atoms with Gasteiger partial charge in [0, 0.05) is 29.3 Å². The molecule has 1 aliphatic rings. The van der Waals surface area contributed by atoms with Crippen LogP contribution in [0.2, 0.25) is 0 Å². The number of anilines is 1. The summed E-state index contributed by atoms with van der Waals surface area (Å²) in [4.78, 5) is 13.6. The minimum Gasteiger partial charge on any atom is -0.370 e. The molecule has 0 radical (unpaired) electrons. The second-order valence-corrected chi connectivity index (χ2v) is 6.10. The molecule has 104 valence electrons. The molecule has 1 heterocycles. The molecule has 1 fully saturated rings. The number of halogens is 1. The Kier molecular flexibility index (Phi) is 4.47. The first-order valence-electron chi connectivity index (χ1n) is 6.58. The number of nitrogens with zero attached hydrogens (tertiary/aromatic N) is 1. The van der Waals surface area contributed by atoms with E-state index in [1.807, 2.05) is 19.1 Å². The normalized spacial score (nSPS) is 21.2. The Morgan fingerprint density at radius 2 is 2.26 bits per heavy atom. The molecule has 1 aliphatic heterocycles. The van der Waals surface area contributed by atoms with Crippen molar-refractivity contribution in [1.29, 1.82) is 0 Å². The smallest absolute Gasteiger partial charge is 0.222 e. The summed E-state index contributed by atoms with van der Waals surface area (Å²) < 4.78 is 1.02. The van der Waals surface area contributed by atoms with Gasteiger partial charge in [0.25, 0.3) is 0 Å². The Hall–Kier alpha value is -1.07. The van der Waals surface area contributed by atoms with Crippen molar-refractivity contribution in [3.05, 3.63) is 28.2 Å². The molecule has 0 aliphatic carbocycles. The van der Waals surface area contributed by atoms with Gasteiger partial charge in [0.1, 0.15) is 0 Å². The van der Waals surface area contributed by atoms with E-state index in [9.17, 15) is 4.79 Å². The van der Waals surface area contributed by atoms with Crippen LogP contribution in [0.5, 0.6) is 0 Å². The highest BCUT2D eigenvalue weighted by Gasteiger charge is 2.25. The highest BCUT2D eigenvalue weighted by Crippen LogP contribution is 2.31. The van der Waals surface area contributed by atoms with Crippen molar-refractivity contribution >= 4 is 27.5 Å². The van der Waals surface area contributed by atoms with Crippen molar-refractivity contribution in [3.8, 4) is 0 Å². The number of amides is 1. The van der Waals surface area contributed by atoms with E-state index < -0.39 is 0 Å². The third-order valence-electron chi connectivity index (χ3n) is 3.64. The fraction of sp³-hybridized carbons (Fsp3) is 0.500. The third kappa shape index (κ3) is 3.28. The van der Waals surface area contributed by atoms with E-state index in [-0.39, 0.29) is 17.9 Å². The first-order valence-corrected chi connectivity index (χ1v) is 7.37. The number of nitrogens with two attached hydrogens (primary N) is 2. The molecule has 1 aromatic rings. The zero-order valence-electron chi connectivity index (χ0n) is 11.1. The number of hydrogen-bond donors (Lipinski definition) is 2. The fourth-order valence-corrected chi connectivity index (χ4v) is 2.99. The lowest BCUT2D eigenvalue weighted by molar-refractivity contribution is -0.122. The Morgan fingerprint density at radius 3 is 2.89 bits per heavy atom. The van der Waals surface area contributed by atoms with E-state index in [0.717, 1.165) is 35.1 Å². The van der Waals surface area contributed by atoms with Crippen LogP contribution in [0.15, 0.2) is 22.7 Å². The van der Waals surface area contributed by atoms with Crippen molar-refractivity contribution in [1.82, 2.24) is 0 Å². The van der Waals surface area contributed by atoms with Gasteiger partial charge in [-0.2, -0.15) is 0 Å². The van der Waals surface area contributed by atoms with Crippen molar-refractivity contribution in [2.45, 2.75) is 25.8 Å². The molecule has 4 nitrogen and oxygen atoms in total. The van der Waals surface area contributed by atoms with Crippen molar-refractivity contribution < 1.29 is 4.79 Å². The van der Waals surface area contributed by atoms with E-state index in [1.54, 1.807) is 0 Å². The van der Waals surface area contributed by atoms with Gasteiger partial charge in [0.05, 0.1) is 5.92 Å². The number of primary amides is 1. The van der Waals surface area contributed by atoms with E-state index >= 15 is 0 Å². The first kappa shape index (κ1) is 14.3. The largest absolute Gasteiger partial charge is 0.370 e. The number of piperidine rings is 1. The van der Waals surface area contributed by atoms with Crippen LogP contribution in [0.3, 0.4) is 0 Å². The molecule has 1 amide bonds. The van der Waals surface area contributed by atoms with Gasteiger partial charge in [-0.1, -0.05) is 15.9 Å². The Balaban J connectivity index is 2.28. The maximum atomic E-state index is 11.4. The van der Waals surface area contributed by atoms with E-state index in [1.165, 1.54) is 0 Å². The average molecular weight is 326 g/mol. The van der Waals surface area contributed by atoms with Crippen molar-refractivity contribution in [3.63, 3.8) is 0 Å². The van der Waals surface area contributed by atoms with Crippen LogP contribution in [0.4, 0.5) is 5.69 Å². The highest BCUT2D eigenvalue weighted by atomic mass is 79.9. The molecule has 1 aromatic carbocycles. The standard InChI is InChI=1S/C14H20BrN3O/c1-9(16)12-7-11(15)4-5-13(12)18-6-2-3-10(8-18)14(17)19/h4-5,7,9-10H,2-3,6,8,16H2,1H3,(H2,17,19). The number of carbonyl (C=O) groups excluding carboxylic acids is 1. The zero-order valence-corrected chi connectivity index (χ0v) is 12.7. The maximum Gasteiger partial charge on any atom is 0.222 e. The maximum absolute atomic E-state index is 11.4. The summed E-state index contributed by atoms with van der Waals surface area (Å²) in [6, 6.07) is 6.08. The quantitative estimate of drug-likeness (QED) is 0.894. The molecular formula is C14H20BrN3O. The molecule has 0 aromatic heterocycles. The minimum absolute atomic E-state index is 0.0403. The van der Waals surface area contributed by atoms with Gasteiger partial charge >= 0.3 is 0 Å². The average Bonchev–Trinajstić information content (AvgIpc) is 2.38. The summed E-state index contributed by atoms with van der Waals surface area (Å²) in [5.74, 6) is -0.262. The summed E-state index contributed by atoms with van der Waals surface area (Å²) in [6.07, 6.45) is 1.87. The van der Waals surface area contributed by atoms with Gasteiger partial charge in [0.15, 0.2) is 0 Å². The Bertz CT molecular complexity index is 476. The predicted molar refractivity (Wildman–Crippen MR) is 80.9 cm³/mol. The van der Waals surface area contributed by atoms with Crippen LogP contribution < -0.4 is 16.4 Å². The summed E-state index contributed by atoms with van der Waals surface area (Å²) in [5.41, 5.74) is 13.7. The summed E-state index contributed by atoms with van der Waals surface area (Å²) in [7, 11) is 0. The lowest BCUT2D eigenvalue weighted by atomic mass is 9.95. The second kappa shape index (κ2) is 5.92. The lowest BCUT2D eigenvalue weighted by Crippen LogP contribution is -2.41. The van der Waals surface area contributed by atoms with Crippen LogP contribution in [0.25, 0.3) is 0 Å². The molecule has 0 saturated carbocycles. The number of rotatable bonds is 3. The molecular weight excluding hydrogens is 306 g/mol. The molecule has 2 unspecified atom stereocenters.